The molecule has 0 aromatic heterocycles. The zero-order chi connectivity index (χ0) is 15.8. The molecule has 2 rings (SSSR count). The Hall–Kier alpha value is -2.29. The lowest BCUT2D eigenvalue weighted by Gasteiger charge is -2.09. The smallest absolute Gasteiger partial charge is 0.319 e. The van der Waals surface area contributed by atoms with E-state index in [1.54, 1.807) is 0 Å². The third-order valence-corrected chi connectivity index (χ3v) is 3.79. The fourth-order valence-electron chi connectivity index (χ4n) is 2.30. The van der Waals surface area contributed by atoms with Crippen LogP contribution in [0.25, 0.3) is 0 Å². The van der Waals surface area contributed by atoms with Gasteiger partial charge in [-0.3, -0.25) is 0 Å². The molecule has 0 unspecified atom stereocenters. The highest BCUT2D eigenvalue weighted by atomic mass is 16.2. The lowest BCUT2D eigenvalue weighted by Crippen LogP contribution is -2.29. The van der Waals surface area contributed by atoms with Gasteiger partial charge in [-0.15, -0.1) is 0 Å². The minimum absolute atomic E-state index is 0.136. The molecule has 2 aromatic carbocycles. The third-order valence-electron chi connectivity index (χ3n) is 3.79. The van der Waals surface area contributed by atoms with Gasteiger partial charge in [-0.2, -0.15) is 0 Å². The van der Waals surface area contributed by atoms with E-state index in [1.165, 1.54) is 16.7 Å². The molecule has 116 valence electrons. The zero-order valence-corrected chi connectivity index (χ0v) is 13.4. The second-order valence-electron chi connectivity index (χ2n) is 5.62. The van der Waals surface area contributed by atoms with Crippen LogP contribution >= 0.6 is 0 Å². The molecule has 0 spiro atoms. The van der Waals surface area contributed by atoms with E-state index in [2.05, 4.69) is 41.8 Å². The maximum atomic E-state index is 11.8. The number of aryl methyl sites for hydroxylation is 3. The number of urea groups is 1. The molecule has 0 aliphatic carbocycles. The van der Waals surface area contributed by atoms with Crippen molar-refractivity contribution in [3.05, 3.63) is 65.2 Å². The summed E-state index contributed by atoms with van der Waals surface area (Å²) in [5.74, 6) is 0. The average molecular weight is 296 g/mol. The summed E-state index contributed by atoms with van der Waals surface area (Å²) in [6, 6.07) is 16.2. The van der Waals surface area contributed by atoms with Crippen molar-refractivity contribution >= 4 is 11.7 Å². The number of unbranched alkanes of at least 4 members (excludes halogenated alkanes) is 1. The van der Waals surface area contributed by atoms with Crippen LogP contribution in [-0.2, 0) is 6.42 Å². The largest absolute Gasteiger partial charge is 0.338 e. The Morgan fingerprint density at radius 1 is 0.955 bits per heavy atom. The van der Waals surface area contributed by atoms with Crippen molar-refractivity contribution in [3.8, 4) is 0 Å². The van der Waals surface area contributed by atoms with Crippen molar-refractivity contribution < 1.29 is 4.79 Å². The lowest BCUT2D eigenvalue weighted by atomic mass is 10.1. The van der Waals surface area contributed by atoms with Gasteiger partial charge in [0.15, 0.2) is 0 Å². The molecule has 0 aliphatic heterocycles. The van der Waals surface area contributed by atoms with Crippen LogP contribution in [0.1, 0.15) is 29.5 Å². The molecule has 0 heterocycles. The normalized spacial score (nSPS) is 10.3. The fourth-order valence-corrected chi connectivity index (χ4v) is 2.30. The average Bonchev–Trinajstić information content (AvgIpc) is 2.52. The van der Waals surface area contributed by atoms with Gasteiger partial charge in [0.1, 0.15) is 0 Å². The number of nitrogens with one attached hydrogen (secondary N) is 2. The molecule has 0 aliphatic rings. The van der Waals surface area contributed by atoms with Crippen LogP contribution < -0.4 is 10.6 Å². The summed E-state index contributed by atoms with van der Waals surface area (Å²) in [4.78, 5) is 11.8. The number of benzene rings is 2. The van der Waals surface area contributed by atoms with E-state index >= 15 is 0 Å². The maximum absolute atomic E-state index is 11.8. The Balaban J connectivity index is 1.64. The van der Waals surface area contributed by atoms with Gasteiger partial charge in [0.2, 0.25) is 0 Å². The molecule has 0 saturated carbocycles. The second kappa shape index (κ2) is 8.23. The first-order valence-corrected chi connectivity index (χ1v) is 7.81. The Morgan fingerprint density at radius 3 is 2.45 bits per heavy atom. The standard InChI is InChI=1S/C19H24N2O/c1-15-11-12-18(14-16(15)2)21-19(22)20-13-7-6-10-17-8-4-3-5-9-17/h3-5,8-9,11-12,14H,6-7,10,13H2,1-2H3,(H2,20,21,22). The highest BCUT2D eigenvalue weighted by Crippen LogP contribution is 2.13. The summed E-state index contributed by atoms with van der Waals surface area (Å²) < 4.78 is 0. The molecule has 0 atom stereocenters. The highest BCUT2D eigenvalue weighted by Gasteiger charge is 2.02. The van der Waals surface area contributed by atoms with Crippen molar-refractivity contribution in [3.63, 3.8) is 0 Å². The monoisotopic (exact) mass is 296 g/mol. The van der Waals surface area contributed by atoms with Crippen LogP contribution in [-0.4, -0.2) is 12.6 Å². The highest BCUT2D eigenvalue weighted by molar-refractivity contribution is 5.89. The van der Waals surface area contributed by atoms with Crippen molar-refractivity contribution in [2.45, 2.75) is 33.1 Å². The van der Waals surface area contributed by atoms with Gasteiger partial charge in [0, 0.05) is 12.2 Å². The molecular weight excluding hydrogens is 272 g/mol. The first kappa shape index (κ1) is 16.1. The van der Waals surface area contributed by atoms with Crippen LogP contribution in [0.3, 0.4) is 0 Å². The summed E-state index contributed by atoms with van der Waals surface area (Å²) >= 11 is 0. The van der Waals surface area contributed by atoms with Crippen LogP contribution in [0, 0.1) is 13.8 Å². The Kier molecular flexibility index (Phi) is 6.01. The topological polar surface area (TPSA) is 41.1 Å². The summed E-state index contributed by atoms with van der Waals surface area (Å²) in [5, 5.41) is 5.77. The summed E-state index contributed by atoms with van der Waals surface area (Å²) in [5.41, 5.74) is 4.60. The van der Waals surface area contributed by atoms with E-state index in [1.807, 2.05) is 31.2 Å². The van der Waals surface area contributed by atoms with Crippen molar-refractivity contribution in [2.24, 2.45) is 0 Å². The molecule has 3 heteroatoms. The quantitative estimate of drug-likeness (QED) is 0.760. The minimum Gasteiger partial charge on any atom is -0.338 e. The van der Waals surface area contributed by atoms with Gasteiger partial charge < -0.3 is 10.6 Å². The van der Waals surface area contributed by atoms with Gasteiger partial charge in [-0.05, 0) is 61.9 Å². The van der Waals surface area contributed by atoms with Gasteiger partial charge in [0.25, 0.3) is 0 Å². The maximum Gasteiger partial charge on any atom is 0.319 e. The van der Waals surface area contributed by atoms with Crippen molar-refractivity contribution in [1.29, 1.82) is 0 Å². The van der Waals surface area contributed by atoms with Crippen LogP contribution in [0.5, 0.6) is 0 Å². The minimum atomic E-state index is -0.136. The number of carbonyl (C=O) groups excluding carboxylic acids is 1. The molecule has 2 aromatic rings. The number of carbonyl (C=O) groups is 1. The van der Waals surface area contributed by atoms with Gasteiger partial charge in [-0.1, -0.05) is 36.4 Å². The molecule has 3 nitrogen and oxygen atoms in total. The SMILES string of the molecule is Cc1ccc(NC(=O)NCCCCc2ccccc2)cc1C. The molecule has 0 radical (unpaired) electrons. The summed E-state index contributed by atoms with van der Waals surface area (Å²) in [7, 11) is 0. The van der Waals surface area contributed by atoms with E-state index in [-0.39, 0.29) is 6.03 Å². The van der Waals surface area contributed by atoms with Crippen LogP contribution in [0.4, 0.5) is 10.5 Å². The van der Waals surface area contributed by atoms with E-state index < -0.39 is 0 Å². The van der Waals surface area contributed by atoms with Gasteiger partial charge >= 0.3 is 6.03 Å². The van der Waals surface area contributed by atoms with Crippen LogP contribution in [0.2, 0.25) is 0 Å². The molecule has 0 fully saturated rings. The van der Waals surface area contributed by atoms with E-state index in [9.17, 15) is 4.79 Å². The predicted molar refractivity (Wildman–Crippen MR) is 92.3 cm³/mol. The number of rotatable bonds is 6. The third kappa shape index (κ3) is 5.24. The van der Waals surface area contributed by atoms with Gasteiger partial charge in [-0.25, -0.2) is 4.79 Å². The Morgan fingerprint density at radius 2 is 1.73 bits per heavy atom. The predicted octanol–water partition coefficient (Wildman–Crippen LogP) is 4.45. The summed E-state index contributed by atoms with van der Waals surface area (Å²) in [6.45, 7) is 4.80. The van der Waals surface area contributed by atoms with E-state index in [0.717, 1.165) is 24.9 Å². The Labute approximate surface area is 132 Å². The number of amides is 2. The lowest BCUT2D eigenvalue weighted by molar-refractivity contribution is 0.252. The van der Waals surface area contributed by atoms with E-state index in [0.29, 0.717) is 6.54 Å². The summed E-state index contributed by atoms with van der Waals surface area (Å²) in [6.07, 6.45) is 3.12. The van der Waals surface area contributed by atoms with Crippen molar-refractivity contribution in [1.82, 2.24) is 5.32 Å². The van der Waals surface area contributed by atoms with Crippen molar-refractivity contribution in [2.75, 3.05) is 11.9 Å². The first-order valence-electron chi connectivity index (χ1n) is 7.81. The number of hydrogen-bond donors (Lipinski definition) is 2. The molecule has 0 saturated heterocycles. The second-order valence-corrected chi connectivity index (χ2v) is 5.62. The van der Waals surface area contributed by atoms with Gasteiger partial charge in [0.05, 0.1) is 0 Å². The molecular formula is C19H24N2O. The zero-order valence-electron chi connectivity index (χ0n) is 13.4. The molecule has 2 N–H and O–H groups in total. The molecule has 22 heavy (non-hydrogen) atoms. The van der Waals surface area contributed by atoms with Crippen LogP contribution in [0.15, 0.2) is 48.5 Å². The van der Waals surface area contributed by atoms with E-state index in [4.69, 9.17) is 0 Å². The molecule has 2 amide bonds. The fraction of sp³-hybridized carbons (Fsp3) is 0.316. The number of anilines is 1. The number of hydrogen-bond acceptors (Lipinski definition) is 1. The first-order chi connectivity index (χ1) is 10.6. The Bertz CT molecular complexity index is 608. The molecule has 0 bridgehead atoms.